The van der Waals surface area contributed by atoms with E-state index < -0.39 is 0 Å². The minimum absolute atomic E-state index is 0.122. The first kappa shape index (κ1) is 19.6. The molecular weight excluding hydrogens is 330 g/mol. The van der Waals surface area contributed by atoms with Crippen LogP contribution >= 0.6 is 0 Å². The molecular formula is C21H27NO4. The summed E-state index contributed by atoms with van der Waals surface area (Å²) in [5, 5.41) is 2.94. The SMILES string of the molecule is CCOc1ccc(C(=O)NCc2ccc(OCC)c(OCC)c2)cc1C. The highest BCUT2D eigenvalue weighted by Crippen LogP contribution is 2.28. The Labute approximate surface area is 155 Å². The quantitative estimate of drug-likeness (QED) is 0.733. The second-order valence-corrected chi connectivity index (χ2v) is 5.74. The van der Waals surface area contributed by atoms with Gasteiger partial charge in [0, 0.05) is 12.1 Å². The minimum atomic E-state index is -0.122. The number of hydrogen-bond acceptors (Lipinski definition) is 4. The first-order chi connectivity index (χ1) is 12.6. The number of ether oxygens (including phenoxy) is 3. The zero-order valence-electron chi connectivity index (χ0n) is 15.9. The van der Waals surface area contributed by atoms with Crippen LogP contribution in [0.1, 0.15) is 42.3 Å². The van der Waals surface area contributed by atoms with Gasteiger partial charge in [0.2, 0.25) is 0 Å². The first-order valence-corrected chi connectivity index (χ1v) is 8.99. The van der Waals surface area contributed by atoms with E-state index in [-0.39, 0.29) is 5.91 Å². The molecule has 0 aliphatic carbocycles. The summed E-state index contributed by atoms with van der Waals surface area (Å²) in [6.07, 6.45) is 0. The summed E-state index contributed by atoms with van der Waals surface area (Å²) in [6, 6.07) is 11.1. The largest absolute Gasteiger partial charge is 0.494 e. The molecule has 0 atom stereocenters. The van der Waals surface area contributed by atoms with Gasteiger partial charge in [-0.25, -0.2) is 0 Å². The number of benzene rings is 2. The molecule has 0 radical (unpaired) electrons. The Balaban J connectivity index is 2.04. The molecule has 0 aromatic heterocycles. The number of hydrogen-bond donors (Lipinski definition) is 1. The second kappa shape index (κ2) is 9.70. The van der Waals surface area contributed by atoms with Crippen molar-refractivity contribution in [2.24, 2.45) is 0 Å². The van der Waals surface area contributed by atoms with Crippen LogP contribution in [0.3, 0.4) is 0 Å². The van der Waals surface area contributed by atoms with E-state index in [1.54, 1.807) is 6.07 Å². The Morgan fingerprint density at radius 2 is 1.46 bits per heavy atom. The molecule has 0 spiro atoms. The number of aryl methyl sites for hydroxylation is 1. The van der Waals surface area contributed by atoms with E-state index in [4.69, 9.17) is 14.2 Å². The van der Waals surface area contributed by atoms with Gasteiger partial charge in [0.15, 0.2) is 11.5 Å². The molecule has 0 saturated heterocycles. The van der Waals surface area contributed by atoms with E-state index in [0.717, 1.165) is 16.9 Å². The van der Waals surface area contributed by atoms with Crippen molar-refractivity contribution < 1.29 is 19.0 Å². The maximum atomic E-state index is 12.4. The van der Waals surface area contributed by atoms with Gasteiger partial charge in [0.05, 0.1) is 19.8 Å². The van der Waals surface area contributed by atoms with Crippen molar-refractivity contribution in [2.75, 3.05) is 19.8 Å². The highest BCUT2D eigenvalue weighted by atomic mass is 16.5. The molecule has 2 aromatic carbocycles. The van der Waals surface area contributed by atoms with Gasteiger partial charge in [-0.2, -0.15) is 0 Å². The van der Waals surface area contributed by atoms with Crippen LogP contribution < -0.4 is 19.5 Å². The molecule has 140 valence electrons. The van der Waals surface area contributed by atoms with Crippen LogP contribution in [-0.2, 0) is 6.54 Å². The first-order valence-electron chi connectivity index (χ1n) is 8.99. The Bertz CT molecular complexity index is 743. The van der Waals surface area contributed by atoms with E-state index in [1.165, 1.54) is 0 Å². The smallest absolute Gasteiger partial charge is 0.251 e. The molecule has 5 heteroatoms. The predicted molar refractivity (Wildman–Crippen MR) is 102 cm³/mol. The van der Waals surface area contributed by atoms with Gasteiger partial charge in [-0.1, -0.05) is 6.07 Å². The normalized spacial score (nSPS) is 10.3. The van der Waals surface area contributed by atoms with Gasteiger partial charge in [-0.05, 0) is 69.2 Å². The van der Waals surface area contributed by atoms with E-state index in [0.29, 0.717) is 43.4 Å². The Kier molecular flexibility index (Phi) is 7.33. The summed E-state index contributed by atoms with van der Waals surface area (Å²) in [7, 11) is 0. The number of nitrogens with one attached hydrogen (secondary N) is 1. The van der Waals surface area contributed by atoms with E-state index in [2.05, 4.69) is 5.32 Å². The fourth-order valence-corrected chi connectivity index (χ4v) is 2.60. The summed E-state index contributed by atoms with van der Waals surface area (Å²) in [5.41, 5.74) is 2.51. The standard InChI is InChI=1S/C21H27NO4/c1-5-24-18-11-9-17(12-15(18)4)21(23)22-14-16-8-10-19(25-6-2)20(13-16)26-7-3/h8-13H,5-7,14H2,1-4H3,(H,22,23). The van der Waals surface area contributed by atoms with Crippen molar-refractivity contribution >= 4 is 5.91 Å². The van der Waals surface area contributed by atoms with Crippen LogP contribution in [0, 0.1) is 6.92 Å². The van der Waals surface area contributed by atoms with Gasteiger partial charge < -0.3 is 19.5 Å². The number of rotatable bonds is 9. The highest BCUT2D eigenvalue weighted by Gasteiger charge is 2.10. The summed E-state index contributed by atoms with van der Waals surface area (Å²) in [5.74, 6) is 2.09. The summed E-state index contributed by atoms with van der Waals surface area (Å²) < 4.78 is 16.7. The zero-order chi connectivity index (χ0) is 18.9. The van der Waals surface area contributed by atoms with Gasteiger partial charge in [-0.15, -0.1) is 0 Å². The molecule has 0 fully saturated rings. The van der Waals surface area contributed by atoms with Crippen molar-refractivity contribution in [3.05, 3.63) is 53.1 Å². The molecule has 0 heterocycles. The lowest BCUT2D eigenvalue weighted by atomic mass is 10.1. The maximum Gasteiger partial charge on any atom is 0.251 e. The average molecular weight is 357 g/mol. The summed E-state index contributed by atoms with van der Waals surface area (Å²) >= 11 is 0. The Hall–Kier alpha value is -2.69. The fourth-order valence-electron chi connectivity index (χ4n) is 2.60. The molecule has 26 heavy (non-hydrogen) atoms. The topological polar surface area (TPSA) is 56.8 Å². The van der Waals surface area contributed by atoms with Crippen LogP contribution in [0.4, 0.5) is 0 Å². The fraction of sp³-hybridized carbons (Fsp3) is 0.381. The van der Waals surface area contributed by atoms with Crippen LogP contribution in [0.25, 0.3) is 0 Å². The highest BCUT2D eigenvalue weighted by molar-refractivity contribution is 5.94. The minimum Gasteiger partial charge on any atom is -0.494 e. The molecule has 5 nitrogen and oxygen atoms in total. The summed E-state index contributed by atoms with van der Waals surface area (Å²) in [6.45, 7) is 9.88. The van der Waals surface area contributed by atoms with Gasteiger partial charge in [0.1, 0.15) is 5.75 Å². The molecule has 0 bridgehead atoms. The molecule has 2 aromatic rings. The number of amides is 1. The second-order valence-electron chi connectivity index (χ2n) is 5.74. The van der Waals surface area contributed by atoms with E-state index >= 15 is 0 Å². The molecule has 1 amide bonds. The van der Waals surface area contributed by atoms with Crippen molar-refractivity contribution in [3.8, 4) is 17.2 Å². The lowest BCUT2D eigenvalue weighted by molar-refractivity contribution is 0.0950. The van der Waals surface area contributed by atoms with Gasteiger partial charge in [-0.3, -0.25) is 4.79 Å². The molecule has 0 aliphatic heterocycles. The molecule has 2 rings (SSSR count). The third kappa shape index (κ3) is 5.15. The van der Waals surface area contributed by atoms with Gasteiger partial charge >= 0.3 is 0 Å². The van der Waals surface area contributed by atoms with Crippen LogP contribution in [-0.4, -0.2) is 25.7 Å². The van der Waals surface area contributed by atoms with Crippen molar-refractivity contribution in [1.82, 2.24) is 5.32 Å². The zero-order valence-corrected chi connectivity index (χ0v) is 15.9. The lowest BCUT2D eigenvalue weighted by Gasteiger charge is -2.13. The summed E-state index contributed by atoms with van der Waals surface area (Å²) in [4.78, 5) is 12.4. The molecule has 0 saturated carbocycles. The maximum absolute atomic E-state index is 12.4. The average Bonchev–Trinajstić information content (AvgIpc) is 2.63. The molecule has 0 unspecified atom stereocenters. The Morgan fingerprint density at radius 3 is 2.12 bits per heavy atom. The monoisotopic (exact) mass is 357 g/mol. The molecule has 1 N–H and O–H groups in total. The van der Waals surface area contributed by atoms with Crippen LogP contribution in [0.15, 0.2) is 36.4 Å². The number of carbonyl (C=O) groups is 1. The number of carbonyl (C=O) groups excluding carboxylic acids is 1. The van der Waals surface area contributed by atoms with Gasteiger partial charge in [0.25, 0.3) is 5.91 Å². The van der Waals surface area contributed by atoms with E-state index in [9.17, 15) is 4.79 Å². The van der Waals surface area contributed by atoms with Crippen molar-refractivity contribution in [3.63, 3.8) is 0 Å². The van der Waals surface area contributed by atoms with Crippen molar-refractivity contribution in [1.29, 1.82) is 0 Å². The third-order valence-electron chi connectivity index (χ3n) is 3.80. The molecule has 0 aliphatic rings. The lowest BCUT2D eigenvalue weighted by Crippen LogP contribution is -2.23. The van der Waals surface area contributed by atoms with Crippen LogP contribution in [0.2, 0.25) is 0 Å². The van der Waals surface area contributed by atoms with Crippen LogP contribution in [0.5, 0.6) is 17.2 Å². The predicted octanol–water partition coefficient (Wildman–Crippen LogP) is 4.12. The third-order valence-corrected chi connectivity index (χ3v) is 3.80. The Morgan fingerprint density at radius 1 is 0.846 bits per heavy atom. The van der Waals surface area contributed by atoms with E-state index in [1.807, 2.05) is 58.0 Å². The van der Waals surface area contributed by atoms with Crippen molar-refractivity contribution in [2.45, 2.75) is 34.2 Å².